The quantitative estimate of drug-likeness (QED) is 0.0345. The van der Waals surface area contributed by atoms with Gasteiger partial charge in [-0.15, -0.1) is 0 Å². The molecule has 0 fully saturated rings. The van der Waals surface area contributed by atoms with Crippen molar-refractivity contribution in [2.75, 3.05) is 6.61 Å². The van der Waals surface area contributed by atoms with Crippen LogP contribution >= 0.6 is 0 Å². The molecule has 6 heteroatoms. The first-order valence-corrected chi connectivity index (χ1v) is 18.4. The molecule has 0 spiro atoms. The van der Waals surface area contributed by atoms with E-state index in [9.17, 15) is 13.0 Å². The maximum Gasteiger partial charge on any atom is 1.00 e. The summed E-state index contributed by atoms with van der Waals surface area (Å²) in [6.07, 6.45) is 38.0. The fraction of sp³-hybridized carbons (Fsp3) is 1.00. The van der Waals surface area contributed by atoms with E-state index in [-0.39, 0.29) is 42.1 Å². The Kier molecular flexibility index (Phi) is 35.9. The van der Waals surface area contributed by atoms with Gasteiger partial charge in [0.1, 0.15) is 0 Å². The van der Waals surface area contributed by atoms with Crippen molar-refractivity contribution in [3.05, 3.63) is 0 Å². The number of hydrogen-bond acceptors (Lipinski definition) is 4. The molecule has 4 nitrogen and oxygen atoms in total. The molecule has 0 bridgehead atoms. The van der Waals surface area contributed by atoms with Crippen molar-refractivity contribution in [1.82, 2.24) is 0 Å². The fourth-order valence-electron chi connectivity index (χ4n) is 5.57. The van der Waals surface area contributed by atoms with Gasteiger partial charge in [0.05, 0.1) is 6.61 Å². The van der Waals surface area contributed by atoms with E-state index in [1.165, 1.54) is 161 Å². The van der Waals surface area contributed by atoms with E-state index in [0.29, 0.717) is 0 Å². The van der Waals surface area contributed by atoms with Gasteiger partial charge in [0.15, 0.2) is 0 Å². The second-order valence-electron chi connectivity index (χ2n) is 12.0. The Balaban J connectivity index is 0. The Morgan fingerprint density at radius 2 is 0.692 bits per heavy atom. The Morgan fingerprint density at radius 1 is 0.462 bits per heavy atom. The minimum Gasteiger partial charge on any atom is -0.726 e. The molecule has 0 radical (unpaired) electrons. The van der Waals surface area contributed by atoms with E-state index in [0.717, 1.165) is 25.7 Å². The van der Waals surface area contributed by atoms with Crippen LogP contribution in [-0.2, 0) is 14.6 Å². The Labute approximate surface area is 268 Å². The van der Waals surface area contributed by atoms with E-state index < -0.39 is 10.4 Å². The molecule has 230 valence electrons. The SMILES string of the molecule is CCCCCCCCCCCCCCCCCC(CCCCCCCCCCCCCC)COS(=O)(=O)[O-].[Na+]. The first-order valence-electron chi connectivity index (χ1n) is 17.1. The van der Waals surface area contributed by atoms with Gasteiger partial charge in [0.25, 0.3) is 0 Å². The zero-order chi connectivity index (χ0) is 28.0. The van der Waals surface area contributed by atoms with E-state index in [2.05, 4.69) is 18.0 Å². The predicted octanol–water partition coefficient (Wildman–Crippen LogP) is 8.44. The van der Waals surface area contributed by atoms with Crippen LogP contribution < -0.4 is 29.6 Å². The van der Waals surface area contributed by atoms with Crippen molar-refractivity contribution < 1.29 is 46.7 Å². The van der Waals surface area contributed by atoms with Crippen LogP contribution in [0.4, 0.5) is 0 Å². The van der Waals surface area contributed by atoms with E-state index in [4.69, 9.17) is 0 Å². The van der Waals surface area contributed by atoms with Crippen molar-refractivity contribution in [3.63, 3.8) is 0 Å². The number of hydrogen-bond donors (Lipinski definition) is 0. The van der Waals surface area contributed by atoms with Crippen molar-refractivity contribution in [1.29, 1.82) is 0 Å². The molecule has 0 aliphatic heterocycles. The summed E-state index contributed by atoms with van der Waals surface area (Å²) in [4.78, 5) is 0. The zero-order valence-corrected chi connectivity index (χ0v) is 29.6. The minimum atomic E-state index is -4.58. The Bertz CT molecular complexity index is 556. The van der Waals surface area contributed by atoms with Crippen molar-refractivity contribution >= 4 is 10.4 Å². The third kappa shape index (κ3) is 36.8. The molecule has 0 saturated heterocycles. The molecule has 0 saturated carbocycles. The molecule has 0 aromatic rings. The molecule has 0 heterocycles. The monoisotopic (exact) mass is 582 g/mol. The molecule has 1 atom stereocenters. The van der Waals surface area contributed by atoms with Gasteiger partial charge in [-0.2, -0.15) is 0 Å². The summed E-state index contributed by atoms with van der Waals surface area (Å²) in [6, 6.07) is 0. The van der Waals surface area contributed by atoms with Crippen LogP contribution in [0.15, 0.2) is 0 Å². The zero-order valence-electron chi connectivity index (χ0n) is 26.8. The maximum atomic E-state index is 10.9. The summed E-state index contributed by atoms with van der Waals surface area (Å²) in [6.45, 7) is 4.61. The van der Waals surface area contributed by atoms with Crippen LogP contribution in [0.5, 0.6) is 0 Å². The maximum absolute atomic E-state index is 10.9. The fourth-order valence-corrected chi connectivity index (χ4v) is 5.93. The molecule has 1 unspecified atom stereocenters. The third-order valence-corrected chi connectivity index (χ3v) is 8.55. The molecular weight excluding hydrogens is 515 g/mol. The van der Waals surface area contributed by atoms with Gasteiger partial charge >= 0.3 is 29.6 Å². The third-order valence-electron chi connectivity index (χ3n) is 8.13. The van der Waals surface area contributed by atoms with E-state index in [1.54, 1.807) is 0 Å². The van der Waals surface area contributed by atoms with Crippen molar-refractivity contribution in [2.45, 2.75) is 200 Å². The molecule has 0 N–H and O–H groups in total. The minimum absolute atomic E-state index is 0. The van der Waals surface area contributed by atoms with Gasteiger partial charge in [-0.3, -0.25) is 4.18 Å². The summed E-state index contributed by atoms with van der Waals surface area (Å²) in [5.74, 6) is 0.198. The largest absolute Gasteiger partial charge is 1.00 e. The standard InChI is InChI=1S/C33H68O4S.Na/c1-3-5-7-9-11-13-15-17-18-19-21-23-25-27-29-31-33(32-37-38(34,35)36)30-28-26-24-22-20-16-14-12-10-8-6-4-2;/h33H,3-32H2,1-2H3,(H,34,35,36);/q;+1/p-1. The van der Waals surface area contributed by atoms with Crippen molar-refractivity contribution in [2.24, 2.45) is 5.92 Å². The molecule has 0 rings (SSSR count). The van der Waals surface area contributed by atoms with Gasteiger partial charge < -0.3 is 4.55 Å². The molecular formula is C33H67NaO4S. The van der Waals surface area contributed by atoms with Gasteiger partial charge in [-0.25, -0.2) is 8.42 Å². The average Bonchev–Trinajstić information content (AvgIpc) is 2.89. The van der Waals surface area contributed by atoms with Crippen LogP contribution in [0.2, 0.25) is 0 Å². The van der Waals surface area contributed by atoms with Gasteiger partial charge in [-0.05, 0) is 18.8 Å². The summed E-state index contributed by atoms with van der Waals surface area (Å²) in [5.41, 5.74) is 0. The molecule has 0 aliphatic carbocycles. The van der Waals surface area contributed by atoms with E-state index >= 15 is 0 Å². The van der Waals surface area contributed by atoms with Crippen LogP contribution in [0.25, 0.3) is 0 Å². The summed E-state index contributed by atoms with van der Waals surface area (Å²) in [7, 11) is -4.58. The number of rotatable bonds is 32. The van der Waals surface area contributed by atoms with Crippen LogP contribution in [-0.4, -0.2) is 19.6 Å². The van der Waals surface area contributed by atoms with Gasteiger partial charge in [-0.1, -0.05) is 187 Å². The van der Waals surface area contributed by atoms with Crippen LogP contribution in [0.1, 0.15) is 200 Å². The summed E-state index contributed by atoms with van der Waals surface area (Å²) < 4.78 is 37.5. The molecule has 39 heavy (non-hydrogen) atoms. The van der Waals surface area contributed by atoms with E-state index in [1.807, 2.05) is 0 Å². The van der Waals surface area contributed by atoms with Crippen LogP contribution in [0.3, 0.4) is 0 Å². The smallest absolute Gasteiger partial charge is 0.726 e. The summed E-state index contributed by atoms with van der Waals surface area (Å²) >= 11 is 0. The summed E-state index contributed by atoms with van der Waals surface area (Å²) in [5, 5.41) is 0. The van der Waals surface area contributed by atoms with Gasteiger partial charge in [0, 0.05) is 0 Å². The molecule has 0 aromatic heterocycles. The predicted molar refractivity (Wildman–Crippen MR) is 164 cm³/mol. The van der Waals surface area contributed by atoms with Crippen LogP contribution in [0, 0.1) is 5.92 Å². The van der Waals surface area contributed by atoms with Crippen molar-refractivity contribution in [3.8, 4) is 0 Å². The Morgan fingerprint density at radius 3 is 0.923 bits per heavy atom. The molecule has 0 amide bonds. The second-order valence-corrected chi connectivity index (χ2v) is 13.0. The first-order chi connectivity index (χ1) is 18.5. The Hall–Kier alpha value is 0.870. The second kappa shape index (κ2) is 33.4. The molecule has 0 aliphatic rings. The normalized spacial score (nSPS) is 12.5. The average molecular weight is 583 g/mol. The van der Waals surface area contributed by atoms with Gasteiger partial charge in [0.2, 0.25) is 10.4 Å². The molecule has 0 aromatic carbocycles. The number of unbranched alkanes of at least 4 members (excludes halogenated alkanes) is 25. The first kappa shape index (κ1) is 42.0. The topological polar surface area (TPSA) is 66.4 Å².